The van der Waals surface area contributed by atoms with E-state index in [0.717, 1.165) is 68.4 Å². The monoisotopic (exact) mass is 477 g/mol. The van der Waals surface area contributed by atoms with Crippen LogP contribution < -0.4 is 5.32 Å². The van der Waals surface area contributed by atoms with E-state index in [9.17, 15) is 5.21 Å². The topological polar surface area (TPSA) is 44.8 Å². The average molecular weight is 478 g/mol. The molecule has 3 saturated heterocycles. The maximum atomic E-state index is 11.7. The van der Waals surface area contributed by atoms with E-state index in [1.807, 2.05) is 20.0 Å². The first-order chi connectivity index (χ1) is 15.8. The fourth-order valence-corrected chi connectivity index (χ4v) is 5.13. The number of anilines is 1. The van der Waals surface area contributed by atoms with Crippen molar-refractivity contribution in [2.45, 2.75) is 52.0 Å². The first kappa shape index (κ1) is 26.3. The summed E-state index contributed by atoms with van der Waals surface area (Å²) in [6.45, 7) is 12.6. The minimum atomic E-state index is -0.0127. The number of halogens is 1. The van der Waals surface area contributed by atoms with Crippen LogP contribution in [0.3, 0.4) is 0 Å². The molecule has 1 aromatic carbocycles. The smallest absolute Gasteiger partial charge is 0.102 e. The van der Waals surface area contributed by atoms with Crippen LogP contribution >= 0.6 is 11.6 Å². The summed E-state index contributed by atoms with van der Waals surface area (Å²) in [4.78, 5) is 7.31. The molecule has 0 radical (unpaired) electrons. The van der Waals surface area contributed by atoms with E-state index in [1.165, 1.54) is 38.2 Å². The normalized spacial score (nSPS) is 27.3. The Morgan fingerprint density at radius 3 is 2.42 bits per heavy atom. The van der Waals surface area contributed by atoms with Gasteiger partial charge in [-0.05, 0) is 70.1 Å². The van der Waals surface area contributed by atoms with Crippen molar-refractivity contribution in [2.75, 3.05) is 71.8 Å². The molecule has 3 heterocycles. The van der Waals surface area contributed by atoms with Gasteiger partial charge in [-0.3, -0.25) is 4.90 Å². The van der Waals surface area contributed by atoms with Gasteiger partial charge in [0.25, 0.3) is 0 Å². The molecule has 1 aromatic rings. The lowest BCUT2D eigenvalue weighted by atomic mass is 10.1. The van der Waals surface area contributed by atoms with Crippen LogP contribution in [0.15, 0.2) is 30.1 Å². The summed E-state index contributed by atoms with van der Waals surface area (Å²) in [7, 11) is 3.98. The van der Waals surface area contributed by atoms with Crippen molar-refractivity contribution in [1.82, 2.24) is 14.7 Å². The molecule has 0 aromatic heterocycles. The summed E-state index contributed by atoms with van der Waals surface area (Å²) in [5.41, 5.74) is 2.16. The first-order valence-corrected chi connectivity index (χ1v) is 13.1. The third-order valence-corrected chi connectivity index (χ3v) is 7.53. The van der Waals surface area contributed by atoms with Crippen LogP contribution in [0.2, 0.25) is 5.02 Å². The average Bonchev–Trinajstić information content (AvgIpc) is 3.17. The van der Waals surface area contributed by atoms with E-state index in [4.69, 9.17) is 11.6 Å². The summed E-state index contributed by atoms with van der Waals surface area (Å²) in [6, 6.07) is 6.72. The van der Waals surface area contributed by atoms with Gasteiger partial charge in [-0.15, -0.1) is 0 Å². The molecule has 3 fully saturated rings. The predicted octanol–water partition coefficient (Wildman–Crippen LogP) is 4.75. The zero-order valence-corrected chi connectivity index (χ0v) is 21.9. The maximum Gasteiger partial charge on any atom is 0.102 e. The van der Waals surface area contributed by atoms with E-state index in [0.29, 0.717) is 6.04 Å². The molecule has 2 unspecified atom stereocenters. The Morgan fingerprint density at radius 1 is 1.15 bits per heavy atom. The Labute approximate surface area is 206 Å². The molecule has 0 amide bonds. The minimum absolute atomic E-state index is 0.0127. The summed E-state index contributed by atoms with van der Waals surface area (Å²) in [5, 5.41) is 16.0. The molecule has 4 rings (SSSR count). The lowest BCUT2D eigenvalue weighted by molar-refractivity contribution is -0.848. The number of hydrogen-bond donors (Lipinski definition) is 1. The van der Waals surface area contributed by atoms with Crippen LogP contribution in [0.25, 0.3) is 0 Å². The number of allylic oxidation sites excluding steroid dienone is 1. The van der Waals surface area contributed by atoms with Gasteiger partial charge in [0.2, 0.25) is 0 Å². The van der Waals surface area contributed by atoms with Crippen LogP contribution in [-0.4, -0.2) is 91.8 Å². The van der Waals surface area contributed by atoms with E-state index in [1.54, 1.807) is 0 Å². The van der Waals surface area contributed by atoms with Crippen LogP contribution in [0, 0.1) is 12.1 Å². The number of aryl methyl sites for hydroxylation is 1. The quantitative estimate of drug-likeness (QED) is 0.489. The SMILES string of the molecule is CC/C=C(/Nc1ccc(C)c(Cl)c1)N1CCN(C)CC1.C[N+]1([O-])CCC(N2CCCCC2)C1. The second kappa shape index (κ2) is 12.4. The van der Waals surface area contributed by atoms with Crippen molar-refractivity contribution in [2.24, 2.45) is 0 Å². The molecular formula is C26H44ClN5O. The number of likely N-dealkylation sites (tertiary alicyclic amines) is 2. The number of piperidine rings is 1. The lowest BCUT2D eigenvalue weighted by Gasteiger charge is -2.36. The highest BCUT2D eigenvalue weighted by molar-refractivity contribution is 6.31. The van der Waals surface area contributed by atoms with Crippen molar-refractivity contribution >= 4 is 17.3 Å². The number of nitrogens with one attached hydrogen (secondary N) is 1. The number of nitrogens with zero attached hydrogens (tertiary/aromatic N) is 4. The van der Waals surface area contributed by atoms with Gasteiger partial charge in [-0.1, -0.05) is 31.0 Å². The van der Waals surface area contributed by atoms with E-state index >= 15 is 0 Å². The Bertz CT molecular complexity index is 770. The van der Waals surface area contributed by atoms with Crippen molar-refractivity contribution in [3.63, 3.8) is 0 Å². The predicted molar refractivity (Wildman–Crippen MR) is 140 cm³/mol. The molecule has 1 N–H and O–H groups in total. The van der Waals surface area contributed by atoms with Crippen molar-refractivity contribution in [3.8, 4) is 0 Å². The third-order valence-electron chi connectivity index (χ3n) is 7.13. The van der Waals surface area contributed by atoms with Crippen LogP contribution in [0.1, 0.15) is 44.6 Å². The summed E-state index contributed by atoms with van der Waals surface area (Å²) >= 11 is 6.20. The zero-order valence-electron chi connectivity index (χ0n) is 21.2. The van der Waals surface area contributed by atoms with Gasteiger partial charge in [0.1, 0.15) is 5.82 Å². The van der Waals surface area contributed by atoms with Crippen molar-refractivity contribution in [1.29, 1.82) is 0 Å². The highest BCUT2D eigenvalue weighted by Gasteiger charge is 2.32. The standard InChI is InChI=1S/C16H24ClN3.C10H20N2O/c1-4-5-16(20-10-8-19(3)9-11-20)18-14-7-6-13(2)15(17)12-14;1-12(13)8-5-10(9-12)11-6-3-2-4-7-11/h5-7,12,18H,4,8-11H2,1-3H3;10H,2-9H2,1H3/b16-5-;. The van der Waals surface area contributed by atoms with Crippen molar-refractivity contribution < 1.29 is 4.65 Å². The van der Waals surface area contributed by atoms with Gasteiger partial charge in [0, 0.05) is 43.3 Å². The molecule has 6 nitrogen and oxygen atoms in total. The fourth-order valence-electron chi connectivity index (χ4n) is 4.95. The van der Waals surface area contributed by atoms with Gasteiger partial charge >= 0.3 is 0 Å². The molecule has 2 atom stereocenters. The van der Waals surface area contributed by atoms with Gasteiger partial charge in [-0.2, -0.15) is 0 Å². The Balaban J connectivity index is 0.000000203. The van der Waals surface area contributed by atoms with Gasteiger partial charge in [-0.25, -0.2) is 0 Å². The summed E-state index contributed by atoms with van der Waals surface area (Å²) in [6.07, 6.45) is 8.43. The highest BCUT2D eigenvalue weighted by Crippen LogP contribution is 2.24. The summed E-state index contributed by atoms with van der Waals surface area (Å²) < 4.78 is -0.0127. The van der Waals surface area contributed by atoms with Gasteiger partial charge in [0.05, 0.1) is 26.2 Å². The molecule has 0 aliphatic carbocycles. The number of quaternary nitrogens is 1. The Morgan fingerprint density at radius 2 is 1.85 bits per heavy atom. The minimum Gasteiger partial charge on any atom is -0.633 e. The zero-order chi connectivity index (χ0) is 23.8. The number of rotatable bonds is 5. The Hall–Kier alpha value is -1.31. The van der Waals surface area contributed by atoms with E-state index < -0.39 is 0 Å². The number of piperazine rings is 1. The second-order valence-corrected chi connectivity index (χ2v) is 10.5. The molecule has 3 aliphatic heterocycles. The number of likely N-dealkylation sites (N-methyl/N-ethyl adjacent to an activating group) is 2. The molecule has 7 heteroatoms. The first-order valence-electron chi connectivity index (χ1n) is 12.7. The van der Waals surface area contributed by atoms with Gasteiger partial charge < -0.3 is 25.0 Å². The fraction of sp³-hybridized carbons (Fsp3) is 0.692. The largest absolute Gasteiger partial charge is 0.633 e. The second-order valence-electron chi connectivity index (χ2n) is 10.1. The highest BCUT2D eigenvalue weighted by atomic mass is 35.5. The van der Waals surface area contributed by atoms with Crippen LogP contribution in [-0.2, 0) is 0 Å². The van der Waals surface area contributed by atoms with Crippen molar-refractivity contribution in [3.05, 3.63) is 45.9 Å². The number of hydrogen-bond acceptors (Lipinski definition) is 5. The maximum absolute atomic E-state index is 11.7. The molecular weight excluding hydrogens is 434 g/mol. The molecule has 186 valence electrons. The molecule has 3 aliphatic rings. The van der Waals surface area contributed by atoms with E-state index in [-0.39, 0.29) is 4.65 Å². The molecule has 0 saturated carbocycles. The molecule has 33 heavy (non-hydrogen) atoms. The van der Waals surface area contributed by atoms with Crippen LogP contribution in [0.5, 0.6) is 0 Å². The Kier molecular flexibility index (Phi) is 9.89. The number of benzene rings is 1. The molecule has 0 bridgehead atoms. The third kappa shape index (κ3) is 8.15. The van der Waals surface area contributed by atoms with Crippen LogP contribution in [0.4, 0.5) is 5.69 Å². The lowest BCUT2D eigenvalue weighted by Crippen LogP contribution is -2.45. The number of hydroxylamine groups is 3. The summed E-state index contributed by atoms with van der Waals surface area (Å²) in [5.74, 6) is 1.19. The molecule has 0 spiro atoms. The van der Waals surface area contributed by atoms with E-state index in [2.05, 4.69) is 52.2 Å². The van der Waals surface area contributed by atoms with Gasteiger partial charge in [0.15, 0.2) is 0 Å².